The van der Waals surface area contributed by atoms with Crippen molar-refractivity contribution in [1.82, 2.24) is 5.32 Å². The molecule has 0 heterocycles. The number of benzene rings is 3. The fourth-order valence-electron chi connectivity index (χ4n) is 3.08. The van der Waals surface area contributed by atoms with E-state index in [1.165, 1.54) is 6.20 Å². The molecule has 1 amide bonds. The summed E-state index contributed by atoms with van der Waals surface area (Å²) in [6.07, 6.45) is 1.35. The molecule has 0 bridgehead atoms. The molecule has 0 aliphatic rings. The van der Waals surface area contributed by atoms with Gasteiger partial charge in [-0.1, -0.05) is 60.7 Å². The van der Waals surface area contributed by atoms with Gasteiger partial charge in [0, 0.05) is 11.9 Å². The fraction of sp³-hybridized carbons (Fsp3) is 0.115. The van der Waals surface area contributed by atoms with Gasteiger partial charge in [-0.2, -0.15) is 5.26 Å². The molecule has 0 unspecified atom stereocenters. The van der Waals surface area contributed by atoms with Crippen LogP contribution in [-0.2, 0) is 9.53 Å². The van der Waals surface area contributed by atoms with Crippen molar-refractivity contribution in [2.45, 2.75) is 13.0 Å². The lowest BCUT2D eigenvalue weighted by Gasteiger charge is -2.19. The molecule has 3 aromatic carbocycles. The number of amides is 1. The number of esters is 1. The van der Waals surface area contributed by atoms with Crippen molar-refractivity contribution in [3.63, 3.8) is 0 Å². The van der Waals surface area contributed by atoms with Gasteiger partial charge in [0.2, 0.25) is 0 Å². The largest absolute Gasteiger partial charge is 0.462 e. The van der Waals surface area contributed by atoms with Crippen molar-refractivity contribution in [2.75, 3.05) is 11.9 Å². The predicted molar refractivity (Wildman–Crippen MR) is 123 cm³/mol. The van der Waals surface area contributed by atoms with E-state index in [2.05, 4.69) is 10.6 Å². The molecule has 0 spiro atoms. The Bertz CT molecular complexity index is 1080. The molecule has 0 aliphatic carbocycles. The molecule has 0 fully saturated rings. The number of nitrogens with one attached hydrogen (secondary N) is 2. The molecule has 2 N–H and O–H groups in total. The van der Waals surface area contributed by atoms with Crippen molar-refractivity contribution < 1.29 is 14.3 Å². The quantitative estimate of drug-likeness (QED) is 0.313. The molecular formula is C26H23N3O3. The summed E-state index contributed by atoms with van der Waals surface area (Å²) in [6, 6.07) is 27.2. The molecule has 3 rings (SSSR count). The topological polar surface area (TPSA) is 91.2 Å². The van der Waals surface area contributed by atoms with Gasteiger partial charge < -0.3 is 15.4 Å². The van der Waals surface area contributed by atoms with E-state index >= 15 is 0 Å². The Kier molecular flexibility index (Phi) is 7.77. The second-order valence-corrected chi connectivity index (χ2v) is 6.84. The maximum absolute atomic E-state index is 12.9. The predicted octanol–water partition coefficient (Wildman–Crippen LogP) is 4.59. The van der Waals surface area contributed by atoms with Crippen LogP contribution >= 0.6 is 0 Å². The minimum atomic E-state index is -0.499. The van der Waals surface area contributed by atoms with Crippen LogP contribution in [0.4, 0.5) is 5.69 Å². The maximum Gasteiger partial charge on any atom is 0.338 e. The molecule has 0 atom stereocenters. The van der Waals surface area contributed by atoms with E-state index in [1.54, 1.807) is 31.2 Å². The first kappa shape index (κ1) is 22.3. The molecule has 32 heavy (non-hydrogen) atoms. The number of rotatable bonds is 8. The van der Waals surface area contributed by atoms with E-state index in [4.69, 9.17) is 4.74 Å². The first-order valence-corrected chi connectivity index (χ1v) is 10.2. The van der Waals surface area contributed by atoms with Gasteiger partial charge in [-0.25, -0.2) is 4.79 Å². The van der Waals surface area contributed by atoms with Crippen LogP contribution in [0.2, 0.25) is 0 Å². The first-order chi connectivity index (χ1) is 15.6. The third kappa shape index (κ3) is 5.83. The molecule has 0 aliphatic heterocycles. The highest BCUT2D eigenvalue weighted by molar-refractivity contribution is 5.98. The molecule has 0 radical (unpaired) electrons. The number of anilines is 1. The average Bonchev–Trinajstić information content (AvgIpc) is 2.84. The Morgan fingerprint density at radius 3 is 2.00 bits per heavy atom. The standard InChI is InChI=1S/C26H23N3O3/c1-2-32-26(31)21-13-15-23(16-14-21)28-18-22(17-27)25(30)29-24(19-9-5-3-6-10-19)20-11-7-4-8-12-20/h3-16,18,24,28H,2H2,1H3,(H,29,30)/b22-18-. The molecule has 160 valence electrons. The molecule has 3 aromatic rings. The molecule has 6 nitrogen and oxygen atoms in total. The molecular weight excluding hydrogens is 402 g/mol. The summed E-state index contributed by atoms with van der Waals surface area (Å²) in [5.41, 5.74) is 2.80. The number of carbonyl (C=O) groups excluding carboxylic acids is 2. The van der Waals surface area contributed by atoms with Gasteiger partial charge in [-0.05, 0) is 42.3 Å². The van der Waals surface area contributed by atoms with Gasteiger partial charge in [0.25, 0.3) is 5.91 Å². The lowest BCUT2D eigenvalue weighted by Crippen LogP contribution is -2.30. The summed E-state index contributed by atoms with van der Waals surface area (Å²) in [5, 5.41) is 15.4. The summed E-state index contributed by atoms with van der Waals surface area (Å²) in [4.78, 5) is 24.6. The van der Waals surface area contributed by atoms with Crippen molar-refractivity contribution in [2.24, 2.45) is 0 Å². The third-order valence-corrected chi connectivity index (χ3v) is 4.69. The zero-order chi connectivity index (χ0) is 22.8. The van der Waals surface area contributed by atoms with Crippen molar-refractivity contribution in [1.29, 1.82) is 5.26 Å². The van der Waals surface area contributed by atoms with Crippen LogP contribution in [-0.4, -0.2) is 18.5 Å². The van der Waals surface area contributed by atoms with Crippen LogP contribution in [0.1, 0.15) is 34.5 Å². The van der Waals surface area contributed by atoms with Gasteiger partial charge in [0.15, 0.2) is 0 Å². The Labute approximate surface area is 187 Å². The number of hydrogen-bond donors (Lipinski definition) is 2. The first-order valence-electron chi connectivity index (χ1n) is 10.2. The van der Waals surface area contributed by atoms with E-state index in [0.717, 1.165) is 11.1 Å². The summed E-state index contributed by atoms with van der Waals surface area (Å²) in [6.45, 7) is 2.04. The Morgan fingerprint density at radius 1 is 0.938 bits per heavy atom. The zero-order valence-corrected chi connectivity index (χ0v) is 17.6. The van der Waals surface area contributed by atoms with Gasteiger partial charge in [-0.15, -0.1) is 0 Å². The van der Waals surface area contributed by atoms with Gasteiger partial charge in [0.05, 0.1) is 18.2 Å². The van der Waals surface area contributed by atoms with E-state index in [1.807, 2.05) is 66.7 Å². The van der Waals surface area contributed by atoms with Crippen LogP contribution in [0.5, 0.6) is 0 Å². The van der Waals surface area contributed by atoms with Crippen molar-refractivity contribution >= 4 is 17.6 Å². The number of ether oxygens (including phenoxy) is 1. The lowest BCUT2D eigenvalue weighted by molar-refractivity contribution is -0.117. The normalized spacial score (nSPS) is 10.8. The van der Waals surface area contributed by atoms with Crippen LogP contribution in [0.15, 0.2) is 96.7 Å². The van der Waals surface area contributed by atoms with Crippen LogP contribution in [0.25, 0.3) is 0 Å². The summed E-state index contributed by atoms with van der Waals surface area (Å²) in [7, 11) is 0. The van der Waals surface area contributed by atoms with E-state index in [0.29, 0.717) is 17.9 Å². The Balaban J connectivity index is 1.74. The SMILES string of the molecule is CCOC(=O)c1ccc(N/C=C(/C#N)C(=O)NC(c2ccccc2)c2ccccc2)cc1. The Morgan fingerprint density at radius 2 is 1.50 bits per heavy atom. The van der Waals surface area contributed by atoms with E-state index in [9.17, 15) is 14.9 Å². The summed E-state index contributed by atoms with van der Waals surface area (Å²) >= 11 is 0. The van der Waals surface area contributed by atoms with Crippen LogP contribution in [0, 0.1) is 11.3 Å². The third-order valence-electron chi connectivity index (χ3n) is 4.69. The number of carbonyl (C=O) groups is 2. The second kappa shape index (κ2) is 11.1. The smallest absolute Gasteiger partial charge is 0.338 e. The minimum absolute atomic E-state index is 0.0728. The Hall–Kier alpha value is -4.37. The molecule has 0 aromatic heterocycles. The monoisotopic (exact) mass is 425 g/mol. The van der Waals surface area contributed by atoms with Crippen molar-refractivity contribution in [3.8, 4) is 6.07 Å². The molecule has 0 saturated carbocycles. The van der Waals surface area contributed by atoms with Gasteiger partial charge in [0.1, 0.15) is 11.6 Å². The zero-order valence-electron chi connectivity index (χ0n) is 17.6. The molecule has 0 saturated heterocycles. The highest BCUT2D eigenvalue weighted by Gasteiger charge is 2.19. The highest BCUT2D eigenvalue weighted by Crippen LogP contribution is 2.22. The van der Waals surface area contributed by atoms with Gasteiger partial charge in [-0.3, -0.25) is 4.79 Å². The number of nitriles is 1. The number of nitrogens with zero attached hydrogens (tertiary/aromatic N) is 1. The van der Waals surface area contributed by atoms with Crippen molar-refractivity contribution in [3.05, 3.63) is 113 Å². The van der Waals surface area contributed by atoms with Crippen LogP contribution in [0.3, 0.4) is 0 Å². The average molecular weight is 425 g/mol. The highest BCUT2D eigenvalue weighted by atomic mass is 16.5. The van der Waals surface area contributed by atoms with E-state index < -0.39 is 17.9 Å². The number of hydrogen-bond acceptors (Lipinski definition) is 5. The summed E-state index contributed by atoms with van der Waals surface area (Å²) < 4.78 is 4.96. The maximum atomic E-state index is 12.9. The second-order valence-electron chi connectivity index (χ2n) is 6.84. The van der Waals surface area contributed by atoms with Gasteiger partial charge >= 0.3 is 5.97 Å². The fourth-order valence-corrected chi connectivity index (χ4v) is 3.08. The molecule has 6 heteroatoms. The lowest BCUT2D eigenvalue weighted by atomic mass is 9.98. The summed E-state index contributed by atoms with van der Waals surface area (Å²) in [5.74, 6) is -0.902. The van der Waals surface area contributed by atoms with Crippen LogP contribution < -0.4 is 10.6 Å². The minimum Gasteiger partial charge on any atom is -0.462 e. The van der Waals surface area contributed by atoms with E-state index in [-0.39, 0.29) is 5.57 Å².